The molecule has 0 spiro atoms. The summed E-state index contributed by atoms with van der Waals surface area (Å²) in [5.41, 5.74) is 1.97. The summed E-state index contributed by atoms with van der Waals surface area (Å²) in [6.45, 7) is 0. The van der Waals surface area contributed by atoms with Crippen LogP contribution in [0, 0.1) is 0 Å². The number of carbonyl (C=O) groups excluding carboxylic acids is 1. The molecule has 3 rings (SSSR count). The van der Waals surface area contributed by atoms with Gasteiger partial charge in [-0.1, -0.05) is 60.4 Å². The maximum atomic E-state index is 11.8. The number of benzene rings is 2. The first kappa shape index (κ1) is 17.7. The van der Waals surface area contributed by atoms with E-state index in [2.05, 4.69) is 5.32 Å². The zero-order chi connectivity index (χ0) is 17.8. The first-order chi connectivity index (χ1) is 12.0. The number of carboxylic acid groups (broad SMARTS) is 1. The second-order valence-corrected chi connectivity index (χ2v) is 7.88. The van der Waals surface area contributed by atoms with Crippen LogP contribution in [0.1, 0.15) is 21.5 Å². The summed E-state index contributed by atoms with van der Waals surface area (Å²) in [5, 5.41) is 11.9. The second-order valence-electron chi connectivity index (χ2n) is 5.14. The van der Waals surface area contributed by atoms with E-state index in [0.29, 0.717) is 20.5 Å². The molecule has 0 aromatic heterocycles. The third-order valence-corrected chi connectivity index (χ3v) is 5.78. The predicted octanol–water partition coefficient (Wildman–Crippen LogP) is 4.17. The van der Waals surface area contributed by atoms with Gasteiger partial charge in [-0.3, -0.25) is 4.79 Å². The summed E-state index contributed by atoms with van der Waals surface area (Å²) >= 11 is 7.78. The van der Waals surface area contributed by atoms with Crippen molar-refractivity contribution in [3.8, 4) is 0 Å². The molecular formula is C18H13NO3S3. The first-order valence-electron chi connectivity index (χ1n) is 7.32. The molecule has 0 atom stereocenters. The molecule has 1 aliphatic heterocycles. The number of hydrogen-bond acceptors (Lipinski definition) is 5. The number of rotatable bonds is 5. The van der Waals surface area contributed by atoms with Crippen LogP contribution in [-0.4, -0.2) is 21.3 Å². The average molecular weight is 388 g/mol. The van der Waals surface area contributed by atoms with E-state index in [9.17, 15) is 14.7 Å². The van der Waals surface area contributed by atoms with Crippen LogP contribution in [0.25, 0.3) is 6.08 Å². The number of carboxylic acids is 1. The van der Waals surface area contributed by atoms with Crippen molar-refractivity contribution in [3.63, 3.8) is 0 Å². The highest BCUT2D eigenvalue weighted by atomic mass is 32.2. The third kappa shape index (κ3) is 4.31. The van der Waals surface area contributed by atoms with E-state index in [4.69, 9.17) is 12.2 Å². The summed E-state index contributed by atoms with van der Waals surface area (Å²) < 4.78 is 0.455. The van der Waals surface area contributed by atoms with Crippen LogP contribution in [0.15, 0.2) is 58.3 Å². The molecule has 0 unspecified atom stereocenters. The zero-order valence-electron chi connectivity index (χ0n) is 12.9. The topological polar surface area (TPSA) is 66.4 Å². The number of amides is 1. The molecule has 1 amide bonds. The molecule has 1 saturated heterocycles. The van der Waals surface area contributed by atoms with Crippen LogP contribution in [0.3, 0.4) is 0 Å². The number of aromatic carboxylic acids is 1. The van der Waals surface area contributed by atoms with Crippen molar-refractivity contribution in [2.45, 2.75) is 10.6 Å². The van der Waals surface area contributed by atoms with Gasteiger partial charge < -0.3 is 10.4 Å². The number of hydrogen-bond donors (Lipinski definition) is 2. The van der Waals surface area contributed by atoms with Crippen molar-refractivity contribution in [2.24, 2.45) is 0 Å². The monoisotopic (exact) mass is 387 g/mol. The molecule has 0 saturated carbocycles. The number of thiocarbonyl (C=S) groups is 1. The van der Waals surface area contributed by atoms with Crippen molar-refractivity contribution in [3.05, 3.63) is 70.1 Å². The van der Waals surface area contributed by atoms with Crippen LogP contribution in [0.2, 0.25) is 0 Å². The molecule has 1 fully saturated rings. The highest BCUT2D eigenvalue weighted by molar-refractivity contribution is 8.26. The summed E-state index contributed by atoms with van der Waals surface area (Å²) in [4.78, 5) is 24.7. The molecule has 25 heavy (non-hydrogen) atoms. The Balaban J connectivity index is 1.83. The highest BCUT2D eigenvalue weighted by Crippen LogP contribution is 2.32. The van der Waals surface area contributed by atoms with Gasteiger partial charge in [0.15, 0.2) is 0 Å². The van der Waals surface area contributed by atoms with E-state index < -0.39 is 5.97 Å². The van der Waals surface area contributed by atoms with Crippen LogP contribution >= 0.6 is 35.7 Å². The van der Waals surface area contributed by atoms with E-state index in [1.165, 1.54) is 23.5 Å². The van der Waals surface area contributed by atoms with Crippen molar-refractivity contribution < 1.29 is 14.7 Å². The van der Waals surface area contributed by atoms with E-state index in [0.717, 1.165) is 16.0 Å². The Kier molecular flexibility index (Phi) is 5.57. The Morgan fingerprint density at radius 3 is 2.64 bits per heavy atom. The van der Waals surface area contributed by atoms with Crippen LogP contribution in [0.4, 0.5) is 0 Å². The molecule has 0 bridgehead atoms. The molecular weight excluding hydrogens is 374 g/mol. The minimum absolute atomic E-state index is 0.189. The van der Waals surface area contributed by atoms with Crippen LogP contribution in [0.5, 0.6) is 0 Å². The molecule has 0 radical (unpaired) electrons. The number of thioether (sulfide) groups is 2. The first-order valence-corrected chi connectivity index (χ1v) is 9.53. The van der Waals surface area contributed by atoms with Crippen molar-refractivity contribution >= 4 is 58.0 Å². The zero-order valence-corrected chi connectivity index (χ0v) is 15.3. The average Bonchev–Trinajstić information content (AvgIpc) is 2.91. The normalized spacial score (nSPS) is 15.4. The highest BCUT2D eigenvalue weighted by Gasteiger charge is 2.22. The maximum Gasteiger partial charge on any atom is 0.335 e. The standard InChI is InChI=1S/C18H13NO3S3/c20-16-15(25-18(23)19-16)9-11-5-2-4-8-14(11)24-10-12-6-1-3-7-13(12)17(21)22/h1-9H,10H2,(H,21,22)(H,19,20,23). The molecule has 0 aliphatic carbocycles. The lowest BCUT2D eigenvalue weighted by Crippen LogP contribution is -2.17. The summed E-state index contributed by atoms with van der Waals surface area (Å²) in [6.07, 6.45) is 1.81. The summed E-state index contributed by atoms with van der Waals surface area (Å²) in [5.74, 6) is -0.592. The molecule has 2 aromatic carbocycles. The van der Waals surface area contributed by atoms with Crippen molar-refractivity contribution in [1.29, 1.82) is 0 Å². The van der Waals surface area contributed by atoms with Crippen molar-refractivity contribution in [2.75, 3.05) is 0 Å². The Morgan fingerprint density at radius 2 is 1.92 bits per heavy atom. The predicted molar refractivity (Wildman–Crippen MR) is 106 cm³/mol. The molecule has 1 aliphatic rings. The summed E-state index contributed by atoms with van der Waals surface area (Å²) in [7, 11) is 0. The van der Waals surface area contributed by atoms with Gasteiger partial charge in [0, 0.05) is 10.6 Å². The van der Waals surface area contributed by atoms with Gasteiger partial charge in [0.25, 0.3) is 5.91 Å². The van der Waals surface area contributed by atoms with Gasteiger partial charge in [-0.2, -0.15) is 0 Å². The Bertz CT molecular complexity index is 893. The Morgan fingerprint density at radius 1 is 1.20 bits per heavy atom. The van der Waals surface area contributed by atoms with Crippen LogP contribution in [-0.2, 0) is 10.5 Å². The summed E-state index contributed by atoms with van der Waals surface area (Å²) in [6, 6.07) is 14.7. The number of carbonyl (C=O) groups is 2. The van der Waals surface area contributed by atoms with E-state index in [1.807, 2.05) is 42.5 Å². The maximum absolute atomic E-state index is 11.8. The molecule has 7 heteroatoms. The fourth-order valence-corrected chi connectivity index (χ4v) is 4.37. The largest absolute Gasteiger partial charge is 0.478 e. The lowest BCUT2D eigenvalue weighted by molar-refractivity contribution is -0.115. The van der Waals surface area contributed by atoms with E-state index in [-0.39, 0.29) is 5.91 Å². The molecule has 2 aromatic rings. The minimum Gasteiger partial charge on any atom is -0.478 e. The SMILES string of the molecule is O=C1NC(=S)SC1=Cc1ccccc1SCc1ccccc1C(=O)O. The van der Waals surface area contributed by atoms with Crippen molar-refractivity contribution in [1.82, 2.24) is 5.32 Å². The van der Waals surface area contributed by atoms with Crippen LogP contribution < -0.4 is 5.32 Å². The van der Waals surface area contributed by atoms with Gasteiger partial charge in [-0.15, -0.1) is 11.8 Å². The van der Waals surface area contributed by atoms with Gasteiger partial charge in [0.2, 0.25) is 0 Å². The van der Waals surface area contributed by atoms with Gasteiger partial charge in [0.1, 0.15) is 4.32 Å². The second kappa shape index (κ2) is 7.86. The lowest BCUT2D eigenvalue weighted by Gasteiger charge is -2.08. The Hall–Kier alpha value is -2.09. The lowest BCUT2D eigenvalue weighted by atomic mass is 10.1. The molecule has 1 heterocycles. The fraction of sp³-hybridized carbons (Fsp3) is 0.0556. The van der Waals surface area contributed by atoms with E-state index >= 15 is 0 Å². The van der Waals surface area contributed by atoms with Gasteiger partial charge in [0.05, 0.1) is 10.5 Å². The Labute approximate surface area is 158 Å². The van der Waals surface area contributed by atoms with E-state index in [1.54, 1.807) is 12.1 Å². The fourth-order valence-electron chi connectivity index (χ4n) is 2.30. The third-order valence-electron chi connectivity index (χ3n) is 3.48. The smallest absolute Gasteiger partial charge is 0.335 e. The minimum atomic E-state index is -0.931. The number of nitrogens with one attached hydrogen (secondary N) is 1. The quantitative estimate of drug-likeness (QED) is 0.456. The van der Waals surface area contributed by atoms with Gasteiger partial charge in [-0.05, 0) is 29.3 Å². The molecule has 2 N–H and O–H groups in total. The van der Waals surface area contributed by atoms with Gasteiger partial charge in [-0.25, -0.2) is 4.79 Å². The molecule has 4 nitrogen and oxygen atoms in total. The molecule has 126 valence electrons. The van der Waals surface area contributed by atoms with Gasteiger partial charge >= 0.3 is 5.97 Å².